The summed E-state index contributed by atoms with van der Waals surface area (Å²) in [6.07, 6.45) is 3.59. The summed E-state index contributed by atoms with van der Waals surface area (Å²) in [4.78, 5) is 43.8. The maximum absolute atomic E-state index is 13.5. The van der Waals surface area contributed by atoms with Crippen molar-refractivity contribution in [2.45, 2.75) is 38.3 Å². The molecule has 4 rings (SSSR count). The first-order valence-corrected chi connectivity index (χ1v) is 11.3. The van der Waals surface area contributed by atoms with Crippen molar-refractivity contribution in [2.75, 3.05) is 33.3 Å². The van der Waals surface area contributed by atoms with Crippen LogP contribution in [0.1, 0.15) is 29.7 Å². The number of amides is 3. The van der Waals surface area contributed by atoms with E-state index >= 15 is 0 Å². The van der Waals surface area contributed by atoms with E-state index in [4.69, 9.17) is 4.74 Å². The maximum atomic E-state index is 13.5. The molecular weight excluding hydrogens is 422 g/mol. The lowest BCUT2D eigenvalue weighted by molar-refractivity contribution is -0.146. The number of piperidine rings is 1. The van der Waals surface area contributed by atoms with Crippen molar-refractivity contribution in [2.24, 2.45) is 7.05 Å². The van der Waals surface area contributed by atoms with E-state index < -0.39 is 17.5 Å². The van der Waals surface area contributed by atoms with E-state index in [2.05, 4.69) is 10.00 Å². The fourth-order valence-electron chi connectivity index (χ4n) is 4.82. The van der Waals surface area contributed by atoms with E-state index in [0.717, 1.165) is 28.3 Å². The van der Waals surface area contributed by atoms with Crippen LogP contribution in [0, 0.1) is 6.92 Å². The minimum atomic E-state index is -0.916. The Hall–Kier alpha value is -3.20. The standard InChI is InChI=1S/C24H31N5O4/c1-18-20(15-25-26(18)2)16-27-13-10-24(11-14-27)22(31)28(17-21(30)33-3)23(32)29(24)12-9-19-7-5-4-6-8-19/h4-8,15H,9-14,16-17H2,1-3H3. The van der Waals surface area contributed by atoms with Gasteiger partial charge in [0, 0.05) is 44.5 Å². The summed E-state index contributed by atoms with van der Waals surface area (Å²) in [5.74, 6) is -0.885. The Bertz CT molecular complexity index is 1030. The Balaban J connectivity index is 1.52. The summed E-state index contributed by atoms with van der Waals surface area (Å²) in [7, 11) is 3.18. The van der Waals surface area contributed by atoms with Crippen molar-refractivity contribution in [3.63, 3.8) is 0 Å². The van der Waals surface area contributed by atoms with Crippen LogP contribution in [0.3, 0.4) is 0 Å². The number of imide groups is 1. The Kier molecular flexibility index (Phi) is 6.51. The number of rotatable bonds is 7. The minimum absolute atomic E-state index is 0.289. The van der Waals surface area contributed by atoms with Gasteiger partial charge in [-0.25, -0.2) is 4.79 Å². The number of nitrogens with zero attached hydrogens (tertiary/aromatic N) is 5. The quantitative estimate of drug-likeness (QED) is 0.469. The van der Waals surface area contributed by atoms with Gasteiger partial charge in [0.1, 0.15) is 12.1 Å². The number of hydrogen-bond acceptors (Lipinski definition) is 6. The van der Waals surface area contributed by atoms with Gasteiger partial charge in [0.2, 0.25) is 0 Å². The molecule has 1 spiro atoms. The number of ether oxygens (including phenoxy) is 1. The van der Waals surface area contributed by atoms with Crippen molar-refractivity contribution in [3.8, 4) is 0 Å². The van der Waals surface area contributed by atoms with E-state index in [1.807, 2.05) is 55.2 Å². The molecule has 2 aliphatic rings. The normalized spacial score (nSPS) is 18.4. The van der Waals surface area contributed by atoms with Gasteiger partial charge in [0.15, 0.2) is 0 Å². The third kappa shape index (κ3) is 4.37. The molecule has 0 saturated carbocycles. The number of aromatic nitrogens is 2. The number of esters is 1. The van der Waals surface area contributed by atoms with Gasteiger partial charge in [-0.3, -0.25) is 24.1 Å². The Morgan fingerprint density at radius 1 is 1.15 bits per heavy atom. The van der Waals surface area contributed by atoms with Gasteiger partial charge in [-0.05, 0) is 31.7 Å². The molecule has 0 N–H and O–H groups in total. The zero-order chi connectivity index (χ0) is 23.6. The number of carbonyl (C=O) groups is 3. The average molecular weight is 454 g/mol. The summed E-state index contributed by atoms with van der Waals surface area (Å²) in [5.41, 5.74) is 2.47. The van der Waals surface area contributed by atoms with Gasteiger partial charge in [-0.1, -0.05) is 30.3 Å². The van der Waals surface area contributed by atoms with Crippen molar-refractivity contribution in [1.29, 1.82) is 0 Å². The number of likely N-dealkylation sites (tertiary alicyclic amines) is 1. The van der Waals surface area contributed by atoms with Crippen molar-refractivity contribution in [1.82, 2.24) is 24.5 Å². The van der Waals surface area contributed by atoms with E-state index in [1.165, 1.54) is 7.11 Å². The molecule has 9 nitrogen and oxygen atoms in total. The fourth-order valence-corrected chi connectivity index (χ4v) is 4.82. The molecule has 1 aromatic heterocycles. The third-order valence-electron chi connectivity index (χ3n) is 7.02. The lowest BCUT2D eigenvalue weighted by atomic mass is 9.85. The Labute approximate surface area is 193 Å². The van der Waals surface area contributed by atoms with Gasteiger partial charge in [0.25, 0.3) is 5.91 Å². The number of aryl methyl sites for hydroxylation is 1. The molecule has 0 bridgehead atoms. The molecule has 3 heterocycles. The van der Waals surface area contributed by atoms with Gasteiger partial charge < -0.3 is 9.64 Å². The Morgan fingerprint density at radius 2 is 1.85 bits per heavy atom. The van der Waals surface area contributed by atoms with E-state index in [0.29, 0.717) is 38.9 Å². The highest BCUT2D eigenvalue weighted by molar-refractivity contribution is 6.08. The monoisotopic (exact) mass is 453 g/mol. The summed E-state index contributed by atoms with van der Waals surface area (Å²) in [6.45, 7) is 4.24. The molecule has 176 valence electrons. The van der Waals surface area contributed by atoms with Crippen molar-refractivity contribution < 1.29 is 19.1 Å². The molecule has 2 aromatic rings. The average Bonchev–Trinajstić information content (AvgIpc) is 3.24. The lowest BCUT2D eigenvalue weighted by Crippen LogP contribution is -2.56. The molecular formula is C24H31N5O4. The molecule has 0 atom stereocenters. The molecule has 33 heavy (non-hydrogen) atoms. The molecule has 9 heteroatoms. The smallest absolute Gasteiger partial charge is 0.328 e. The van der Waals surface area contributed by atoms with E-state index in [-0.39, 0.29) is 12.5 Å². The first-order valence-electron chi connectivity index (χ1n) is 11.3. The van der Waals surface area contributed by atoms with Gasteiger partial charge in [-0.15, -0.1) is 0 Å². The summed E-state index contributed by atoms with van der Waals surface area (Å²) in [5, 5.41) is 4.32. The first-order chi connectivity index (χ1) is 15.9. The first kappa shape index (κ1) is 23.0. The highest BCUT2D eigenvalue weighted by Gasteiger charge is 2.58. The fraction of sp³-hybridized carbons (Fsp3) is 0.500. The zero-order valence-electron chi connectivity index (χ0n) is 19.5. The van der Waals surface area contributed by atoms with Gasteiger partial charge in [0.05, 0.1) is 13.3 Å². The predicted octanol–water partition coefficient (Wildman–Crippen LogP) is 1.74. The van der Waals surface area contributed by atoms with Crippen LogP contribution in [-0.2, 0) is 34.3 Å². The second kappa shape index (κ2) is 9.35. The van der Waals surface area contributed by atoms with Crippen LogP contribution in [0.25, 0.3) is 0 Å². The number of hydrogen-bond donors (Lipinski definition) is 0. The molecule has 0 radical (unpaired) electrons. The van der Waals surface area contributed by atoms with Gasteiger partial charge in [-0.2, -0.15) is 5.10 Å². The molecule has 0 aliphatic carbocycles. The third-order valence-corrected chi connectivity index (χ3v) is 7.02. The summed E-state index contributed by atoms with van der Waals surface area (Å²) in [6, 6.07) is 9.50. The number of methoxy groups -OCH3 is 1. The molecule has 2 saturated heterocycles. The van der Waals surface area contributed by atoms with Gasteiger partial charge >= 0.3 is 12.0 Å². The molecule has 1 aromatic carbocycles. The van der Waals surface area contributed by atoms with Crippen LogP contribution in [0.4, 0.5) is 4.79 Å². The lowest BCUT2D eigenvalue weighted by Gasteiger charge is -2.42. The SMILES string of the molecule is COC(=O)CN1C(=O)N(CCc2ccccc2)C2(CCN(Cc3cnn(C)c3C)CC2)C1=O. The van der Waals surface area contributed by atoms with Crippen LogP contribution in [0.5, 0.6) is 0 Å². The highest BCUT2D eigenvalue weighted by atomic mass is 16.5. The van der Waals surface area contributed by atoms with E-state index in [1.54, 1.807) is 4.90 Å². The molecule has 2 aliphatic heterocycles. The van der Waals surface area contributed by atoms with Crippen molar-refractivity contribution >= 4 is 17.9 Å². The van der Waals surface area contributed by atoms with Crippen LogP contribution in [-0.4, -0.2) is 81.2 Å². The van der Waals surface area contributed by atoms with Crippen molar-refractivity contribution in [3.05, 3.63) is 53.3 Å². The zero-order valence-corrected chi connectivity index (χ0v) is 19.5. The second-order valence-corrected chi connectivity index (χ2v) is 8.82. The molecule has 2 fully saturated rings. The largest absolute Gasteiger partial charge is 0.468 e. The molecule has 3 amide bonds. The highest BCUT2D eigenvalue weighted by Crippen LogP contribution is 2.38. The van der Waals surface area contributed by atoms with Crippen LogP contribution < -0.4 is 0 Å². The van der Waals surface area contributed by atoms with Crippen LogP contribution >= 0.6 is 0 Å². The second-order valence-electron chi connectivity index (χ2n) is 8.82. The number of carbonyl (C=O) groups excluding carboxylic acids is 3. The number of urea groups is 1. The number of benzene rings is 1. The molecule has 0 unspecified atom stereocenters. The van der Waals surface area contributed by atoms with Crippen LogP contribution in [0.15, 0.2) is 36.5 Å². The van der Waals surface area contributed by atoms with Crippen LogP contribution in [0.2, 0.25) is 0 Å². The van der Waals surface area contributed by atoms with E-state index in [9.17, 15) is 14.4 Å². The summed E-state index contributed by atoms with van der Waals surface area (Å²) >= 11 is 0. The summed E-state index contributed by atoms with van der Waals surface area (Å²) < 4.78 is 6.58. The Morgan fingerprint density at radius 3 is 2.45 bits per heavy atom. The predicted molar refractivity (Wildman–Crippen MR) is 121 cm³/mol. The maximum Gasteiger partial charge on any atom is 0.328 e. The minimum Gasteiger partial charge on any atom is -0.468 e. The topological polar surface area (TPSA) is 88.0 Å².